The summed E-state index contributed by atoms with van der Waals surface area (Å²) < 4.78 is 5.74. The van der Waals surface area contributed by atoms with Crippen molar-refractivity contribution in [1.29, 1.82) is 0 Å². The maximum atomic E-state index is 11.6. The van der Waals surface area contributed by atoms with Crippen LogP contribution in [0.3, 0.4) is 0 Å². The molecule has 1 aromatic carbocycles. The first-order chi connectivity index (χ1) is 12.7. The minimum atomic E-state index is -0.290. The van der Waals surface area contributed by atoms with Crippen LogP contribution in [0.25, 0.3) is 0 Å². The summed E-state index contributed by atoms with van der Waals surface area (Å²) in [6.45, 7) is 0.965. The Morgan fingerprint density at radius 3 is 2.77 bits per heavy atom. The van der Waals surface area contributed by atoms with E-state index < -0.39 is 0 Å². The van der Waals surface area contributed by atoms with Crippen LogP contribution < -0.4 is 15.6 Å². The van der Waals surface area contributed by atoms with E-state index in [-0.39, 0.29) is 5.56 Å². The van der Waals surface area contributed by atoms with Crippen LogP contribution in [0.5, 0.6) is 5.88 Å². The molecule has 0 aliphatic rings. The molecule has 0 aliphatic carbocycles. The normalized spacial score (nSPS) is 10.5. The van der Waals surface area contributed by atoms with Gasteiger partial charge in [0.05, 0.1) is 18.8 Å². The van der Waals surface area contributed by atoms with Gasteiger partial charge in [0.25, 0.3) is 11.4 Å². The molecular formula is C19H19ClN4O2. The molecule has 2 heterocycles. The molecule has 0 aliphatic heterocycles. The van der Waals surface area contributed by atoms with Crippen molar-refractivity contribution in [2.45, 2.75) is 19.4 Å². The third-order valence-corrected chi connectivity index (χ3v) is 3.97. The number of aromatic nitrogens is 3. The van der Waals surface area contributed by atoms with Crippen molar-refractivity contribution < 1.29 is 4.74 Å². The van der Waals surface area contributed by atoms with Crippen LogP contribution in [-0.2, 0) is 13.0 Å². The molecule has 0 saturated heterocycles. The average molecular weight is 371 g/mol. The lowest BCUT2D eigenvalue weighted by atomic mass is 10.1. The second-order valence-corrected chi connectivity index (χ2v) is 6.14. The highest BCUT2D eigenvalue weighted by molar-refractivity contribution is 6.30. The number of ether oxygens (including phenoxy) is 1. The van der Waals surface area contributed by atoms with Crippen molar-refractivity contribution in [3.8, 4) is 5.88 Å². The lowest BCUT2D eigenvalue weighted by Gasteiger charge is -2.11. The molecule has 0 fully saturated rings. The lowest BCUT2D eigenvalue weighted by molar-refractivity contribution is 0.297. The van der Waals surface area contributed by atoms with Gasteiger partial charge in [-0.2, -0.15) is 0 Å². The molecule has 0 amide bonds. The molecule has 2 N–H and O–H groups in total. The molecule has 0 saturated carbocycles. The van der Waals surface area contributed by atoms with Gasteiger partial charge in [0, 0.05) is 17.3 Å². The summed E-state index contributed by atoms with van der Waals surface area (Å²) in [7, 11) is 0. The van der Waals surface area contributed by atoms with E-state index in [9.17, 15) is 4.79 Å². The van der Waals surface area contributed by atoms with Gasteiger partial charge >= 0.3 is 0 Å². The Kier molecular flexibility index (Phi) is 6.22. The van der Waals surface area contributed by atoms with Crippen LogP contribution in [0.1, 0.15) is 17.7 Å². The van der Waals surface area contributed by atoms with Crippen molar-refractivity contribution in [2.75, 3.05) is 11.9 Å². The molecule has 0 spiro atoms. The van der Waals surface area contributed by atoms with Crippen molar-refractivity contribution >= 4 is 17.3 Å². The van der Waals surface area contributed by atoms with Gasteiger partial charge in [0.15, 0.2) is 0 Å². The first kappa shape index (κ1) is 17.9. The zero-order valence-electron chi connectivity index (χ0n) is 14.1. The first-order valence-corrected chi connectivity index (χ1v) is 8.69. The summed E-state index contributed by atoms with van der Waals surface area (Å²) in [5.41, 5.74) is 2.32. The molecule has 0 radical (unpaired) electrons. The predicted octanol–water partition coefficient (Wildman–Crippen LogP) is 3.44. The summed E-state index contributed by atoms with van der Waals surface area (Å²) in [5.74, 6) is 0.372. The number of hydrogen-bond acceptors (Lipinski definition) is 5. The highest BCUT2D eigenvalue weighted by atomic mass is 35.5. The van der Waals surface area contributed by atoms with Gasteiger partial charge < -0.3 is 10.1 Å². The minimum absolute atomic E-state index is 0.290. The molecule has 0 unspecified atom stereocenters. The Hall–Kier alpha value is -2.86. The number of halogens is 1. The first-order valence-electron chi connectivity index (χ1n) is 8.31. The third-order valence-electron chi connectivity index (χ3n) is 3.72. The number of aromatic amines is 1. The number of H-pyrrole nitrogens is 1. The van der Waals surface area contributed by atoms with Gasteiger partial charge in [-0.1, -0.05) is 29.8 Å². The van der Waals surface area contributed by atoms with E-state index in [0.717, 1.165) is 23.6 Å². The Balaban J connectivity index is 1.55. The van der Waals surface area contributed by atoms with Crippen LogP contribution in [0, 0.1) is 0 Å². The summed E-state index contributed by atoms with van der Waals surface area (Å²) >= 11 is 5.88. The largest absolute Gasteiger partial charge is 0.475 e. The Morgan fingerprint density at radius 1 is 1.15 bits per heavy atom. The topological polar surface area (TPSA) is 79.9 Å². The molecular weight excluding hydrogens is 352 g/mol. The molecule has 3 rings (SSSR count). The number of aryl methyl sites for hydroxylation is 1. The fourth-order valence-corrected chi connectivity index (χ4v) is 2.54. The third kappa shape index (κ3) is 5.32. The molecule has 3 aromatic rings. The second-order valence-electron chi connectivity index (χ2n) is 5.70. The van der Waals surface area contributed by atoms with E-state index in [2.05, 4.69) is 20.5 Å². The zero-order chi connectivity index (χ0) is 18.2. The molecule has 134 valence electrons. The summed E-state index contributed by atoms with van der Waals surface area (Å²) in [6, 6.07) is 14.9. The van der Waals surface area contributed by atoms with Crippen LogP contribution in [0.15, 0.2) is 59.5 Å². The molecule has 6 nitrogen and oxygen atoms in total. The monoisotopic (exact) mass is 370 g/mol. The van der Waals surface area contributed by atoms with Gasteiger partial charge in [0.2, 0.25) is 0 Å². The molecule has 0 atom stereocenters. The fraction of sp³-hybridized carbons (Fsp3) is 0.211. The van der Waals surface area contributed by atoms with Gasteiger partial charge in [-0.3, -0.25) is 9.78 Å². The van der Waals surface area contributed by atoms with Gasteiger partial charge in [-0.15, -0.1) is 5.10 Å². The predicted molar refractivity (Wildman–Crippen MR) is 102 cm³/mol. The van der Waals surface area contributed by atoms with Gasteiger partial charge in [-0.25, -0.2) is 5.10 Å². The van der Waals surface area contributed by atoms with E-state index in [4.69, 9.17) is 16.3 Å². The van der Waals surface area contributed by atoms with Gasteiger partial charge in [-0.05, 0) is 42.7 Å². The zero-order valence-corrected chi connectivity index (χ0v) is 14.9. The van der Waals surface area contributed by atoms with Crippen molar-refractivity contribution in [2.24, 2.45) is 0 Å². The molecule has 2 aromatic heterocycles. The van der Waals surface area contributed by atoms with E-state index in [1.165, 1.54) is 11.6 Å². The number of pyridine rings is 1. The number of nitrogens with one attached hydrogen (secondary N) is 2. The quantitative estimate of drug-likeness (QED) is 0.594. The minimum Gasteiger partial charge on any atom is -0.475 e. The number of benzene rings is 1. The van der Waals surface area contributed by atoms with E-state index in [0.29, 0.717) is 24.7 Å². The molecule has 7 heteroatoms. The standard InChI is InChI=1S/C19H19ClN4O2/c20-15-8-6-14(7-9-15)4-3-11-26-19-17(12-18(25)23-24-19)22-13-16-5-1-2-10-21-16/h1-2,5-10,12H,3-4,11,13H2,(H2,22,23,25). The highest BCUT2D eigenvalue weighted by Gasteiger charge is 2.07. The number of anilines is 1. The summed E-state index contributed by atoms with van der Waals surface area (Å²) in [5, 5.41) is 10.3. The highest BCUT2D eigenvalue weighted by Crippen LogP contribution is 2.19. The van der Waals surface area contributed by atoms with Crippen molar-refractivity contribution in [3.05, 3.63) is 81.4 Å². The van der Waals surface area contributed by atoms with Gasteiger partial charge in [0.1, 0.15) is 5.69 Å². The van der Waals surface area contributed by atoms with E-state index in [1.807, 2.05) is 42.5 Å². The summed E-state index contributed by atoms with van der Waals surface area (Å²) in [6.07, 6.45) is 3.42. The molecule has 26 heavy (non-hydrogen) atoms. The van der Waals surface area contributed by atoms with Crippen LogP contribution in [-0.4, -0.2) is 21.8 Å². The van der Waals surface area contributed by atoms with Crippen LogP contribution in [0.4, 0.5) is 5.69 Å². The van der Waals surface area contributed by atoms with Crippen LogP contribution in [0.2, 0.25) is 5.02 Å². The average Bonchev–Trinajstić information content (AvgIpc) is 2.67. The smallest absolute Gasteiger partial charge is 0.266 e. The number of nitrogens with zero attached hydrogens (tertiary/aromatic N) is 2. The summed E-state index contributed by atoms with van der Waals surface area (Å²) in [4.78, 5) is 15.8. The Labute approximate surface area is 156 Å². The lowest BCUT2D eigenvalue weighted by Crippen LogP contribution is -2.13. The maximum absolute atomic E-state index is 11.6. The molecule has 0 bridgehead atoms. The Morgan fingerprint density at radius 2 is 2.00 bits per heavy atom. The van der Waals surface area contributed by atoms with E-state index in [1.54, 1.807) is 6.20 Å². The Bertz CT molecular complexity index is 882. The maximum Gasteiger partial charge on any atom is 0.266 e. The van der Waals surface area contributed by atoms with Crippen LogP contribution >= 0.6 is 11.6 Å². The number of rotatable bonds is 8. The van der Waals surface area contributed by atoms with E-state index >= 15 is 0 Å². The van der Waals surface area contributed by atoms with Crippen molar-refractivity contribution in [3.63, 3.8) is 0 Å². The fourth-order valence-electron chi connectivity index (χ4n) is 2.41. The second kappa shape index (κ2) is 9.01. The van der Waals surface area contributed by atoms with Crippen molar-refractivity contribution in [1.82, 2.24) is 15.2 Å². The number of hydrogen-bond donors (Lipinski definition) is 2. The SMILES string of the molecule is O=c1cc(NCc2ccccn2)c(OCCCc2ccc(Cl)cc2)n[nH]1.